The molecule has 3 saturated carbocycles. The Morgan fingerprint density at radius 2 is 1.28 bits per heavy atom. The monoisotopic (exact) mass is 655 g/mol. The predicted molar refractivity (Wildman–Crippen MR) is 204 cm³/mol. The first-order valence-corrected chi connectivity index (χ1v) is 21.7. The van der Waals surface area contributed by atoms with Crippen molar-refractivity contribution in [2.45, 2.75) is 227 Å². The van der Waals surface area contributed by atoms with Crippen molar-refractivity contribution in [3.8, 4) is 0 Å². The summed E-state index contributed by atoms with van der Waals surface area (Å²) in [5, 5.41) is 20.5. The van der Waals surface area contributed by atoms with E-state index in [-0.39, 0.29) is 12.2 Å². The molecule has 0 spiro atoms. The molecular weight excluding hydrogens is 572 g/mol. The molecule has 4 aliphatic carbocycles. The molecule has 4 rings (SSSR count). The fourth-order valence-electron chi connectivity index (χ4n) is 12.0. The van der Waals surface area contributed by atoms with E-state index in [1.165, 1.54) is 154 Å². The van der Waals surface area contributed by atoms with Gasteiger partial charge >= 0.3 is 0 Å². The molecule has 0 aromatic heterocycles. The van der Waals surface area contributed by atoms with Crippen LogP contribution in [0.25, 0.3) is 0 Å². The molecule has 0 aromatic carbocycles. The number of rotatable bonds is 23. The predicted octanol–water partition coefficient (Wildman–Crippen LogP) is 13.4. The van der Waals surface area contributed by atoms with E-state index in [0.29, 0.717) is 10.8 Å². The van der Waals surface area contributed by atoms with Crippen LogP contribution in [0.1, 0.15) is 214 Å². The molecule has 0 aromatic rings. The van der Waals surface area contributed by atoms with Gasteiger partial charge in [-0.05, 0) is 111 Å². The lowest BCUT2D eigenvalue weighted by Crippen LogP contribution is -2.50. The van der Waals surface area contributed by atoms with Gasteiger partial charge in [0.1, 0.15) is 0 Å². The molecule has 0 heterocycles. The Bertz CT molecular complexity index is 894. The third kappa shape index (κ3) is 11.1. The van der Waals surface area contributed by atoms with Gasteiger partial charge < -0.3 is 10.2 Å². The zero-order valence-electron chi connectivity index (χ0n) is 32.4. The van der Waals surface area contributed by atoms with Crippen LogP contribution in [0, 0.1) is 46.3 Å². The van der Waals surface area contributed by atoms with Gasteiger partial charge in [0.05, 0.1) is 12.2 Å². The van der Waals surface area contributed by atoms with E-state index >= 15 is 0 Å². The second-order valence-corrected chi connectivity index (χ2v) is 18.5. The molecule has 0 amide bonds. The Hall–Kier alpha value is -0.340. The van der Waals surface area contributed by atoms with Crippen molar-refractivity contribution in [3.63, 3.8) is 0 Å². The quantitative estimate of drug-likeness (QED) is 0.0850. The molecule has 2 unspecified atom stereocenters. The highest BCUT2D eigenvalue weighted by Crippen LogP contribution is 2.67. The van der Waals surface area contributed by atoms with Gasteiger partial charge in [-0.15, -0.1) is 0 Å². The minimum absolute atomic E-state index is 0.0432. The number of hydrogen-bond donors (Lipinski definition) is 2. The van der Waals surface area contributed by atoms with Gasteiger partial charge in [-0.3, -0.25) is 0 Å². The van der Waals surface area contributed by atoms with Crippen LogP contribution >= 0.6 is 0 Å². The maximum Gasteiger partial charge on any atom is 0.0577 e. The number of fused-ring (bicyclic) bond motifs is 5. The minimum atomic E-state index is -0.0863. The fraction of sp³-hybridized carbons (Fsp3) is 0.956. The third-order valence-electron chi connectivity index (χ3n) is 15.1. The normalized spacial score (nSPS) is 33.9. The number of allylic oxidation sites excluding steroid dienone is 1. The van der Waals surface area contributed by atoms with Crippen molar-refractivity contribution >= 4 is 0 Å². The van der Waals surface area contributed by atoms with Crippen LogP contribution in [0.15, 0.2) is 11.6 Å². The lowest BCUT2D eigenvalue weighted by Gasteiger charge is -2.58. The topological polar surface area (TPSA) is 40.5 Å². The minimum Gasteiger partial charge on any atom is -0.393 e. The molecule has 0 aliphatic heterocycles. The van der Waals surface area contributed by atoms with Crippen molar-refractivity contribution in [1.82, 2.24) is 0 Å². The second-order valence-electron chi connectivity index (χ2n) is 18.5. The summed E-state index contributed by atoms with van der Waals surface area (Å²) in [7, 11) is 0. The summed E-state index contributed by atoms with van der Waals surface area (Å²) in [6.45, 7) is 12.7. The largest absolute Gasteiger partial charge is 0.393 e. The number of aliphatic hydroxyl groups excluding tert-OH is 2. The standard InChI is InChI=1S/C45H82O2/c1-6-7-8-18-24-38(46)25-19-16-14-12-10-9-11-13-15-17-21-35(2)22-20-23-36(3)41-28-29-42-40-27-26-37-34-39(47)30-32-44(37,4)43(40)31-33-45(41,42)5/h26,35-36,38-43,46-47H,6-25,27-34H2,1-5H3/t35?,36-,38?,39+,40+,41-,42+,43+,44+,45-/m1/s1. The van der Waals surface area contributed by atoms with E-state index in [1.54, 1.807) is 5.57 Å². The van der Waals surface area contributed by atoms with Crippen LogP contribution in [0.2, 0.25) is 0 Å². The molecule has 0 saturated heterocycles. The first-order valence-electron chi connectivity index (χ1n) is 21.7. The van der Waals surface area contributed by atoms with Gasteiger partial charge in [-0.1, -0.05) is 162 Å². The Morgan fingerprint density at radius 3 is 1.94 bits per heavy atom. The number of hydrogen-bond acceptors (Lipinski definition) is 2. The van der Waals surface area contributed by atoms with Crippen LogP contribution in [0.5, 0.6) is 0 Å². The molecule has 47 heavy (non-hydrogen) atoms. The van der Waals surface area contributed by atoms with E-state index in [4.69, 9.17) is 0 Å². The van der Waals surface area contributed by atoms with Gasteiger partial charge in [0.25, 0.3) is 0 Å². The Balaban J connectivity index is 1.00. The summed E-state index contributed by atoms with van der Waals surface area (Å²) in [6, 6.07) is 0. The van der Waals surface area contributed by atoms with Gasteiger partial charge in [0.2, 0.25) is 0 Å². The molecule has 2 nitrogen and oxygen atoms in total. The van der Waals surface area contributed by atoms with Gasteiger partial charge in [0.15, 0.2) is 0 Å². The van der Waals surface area contributed by atoms with E-state index in [2.05, 4.69) is 40.7 Å². The third-order valence-corrected chi connectivity index (χ3v) is 15.1. The van der Waals surface area contributed by atoms with E-state index in [0.717, 1.165) is 61.2 Å². The molecule has 0 bridgehead atoms. The average Bonchev–Trinajstić information content (AvgIpc) is 3.41. The molecule has 2 N–H and O–H groups in total. The van der Waals surface area contributed by atoms with E-state index in [9.17, 15) is 10.2 Å². The zero-order valence-corrected chi connectivity index (χ0v) is 32.4. The molecule has 0 radical (unpaired) electrons. The van der Waals surface area contributed by atoms with Crippen LogP contribution < -0.4 is 0 Å². The molecule has 274 valence electrons. The maximum absolute atomic E-state index is 10.4. The summed E-state index contributed by atoms with van der Waals surface area (Å²) in [5.41, 5.74) is 2.57. The summed E-state index contributed by atoms with van der Waals surface area (Å²) in [6.07, 6.45) is 39.6. The van der Waals surface area contributed by atoms with Gasteiger partial charge in [-0.25, -0.2) is 0 Å². The van der Waals surface area contributed by atoms with Crippen molar-refractivity contribution in [2.75, 3.05) is 0 Å². The lowest BCUT2D eigenvalue weighted by atomic mass is 9.47. The molecule has 2 heteroatoms. The van der Waals surface area contributed by atoms with Crippen molar-refractivity contribution in [1.29, 1.82) is 0 Å². The Kier molecular flexibility index (Phi) is 16.7. The fourth-order valence-corrected chi connectivity index (χ4v) is 12.0. The number of unbranched alkanes of at least 4 members (excludes halogenated alkanes) is 12. The number of aliphatic hydroxyl groups is 2. The van der Waals surface area contributed by atoms with Gasteiger partial charge in [-0.2, -0.15) is 0 Å². The average molecular weight is 655 g/mol. The second kappa shape index (κ2) is 19.9. The molecule has 10 atom stereocenters. The van der Waals surface area contributed by atoms with Crippen molar-refractivity contribution in [3.05, 3.63) is 11.6 Å². The van der Waals surface area contributed by atoms with Crippen LogP contribution in [0.3, 0.4) is 0 Å². The molecular formula is C45H82O2. The summed E-state index contributed by atoms with van der Waals surface area (Å²) in [4.78, 5) is 0. The first-order chi connectivity index (χ1) is 22.7. The molecule has 4 aliphatic rings. The maximum atomic E-state index is 10.4. The van der Waals surface area contributed by atoms with Crippen molar-refractivity contribution < 1.29 is 10.2 Å². The van der Waals surface area contributed by atoms with E-state index in [1.807, 2.05) is 0 Å². The summed E-state index contributed by atoms with van der Waals surface area (Å²) < 4.78 is 0. The van der Waals surface area contributed by atoms with Crippen molar-refractivity contribution in [2.24, 2.45) is 46.3 Å². The highest BCUT2D eigenvalue weighted by Gasteiger charge is 2.59. The first kappa shape index (κ1) is 39.4. The summed E-state index contributed by atoms with van der Waals surface area (Å²) in [5.74, 6) is 5.43. The zero-order chi connectivity index (χ0) is 33.7. The van der Waals surface area contributed by atoms with Gasteiger partial charge in [0, 0.05) is 0 Å². The van der Waals surface area contributed by atoms with Crippen LogP contribution in [-0.4, -0.2) is 22.4 Å². The highest BCUT2D eigenvalue weighted by atomic mass is 16.3. The van der Waals surface area contributed by atoms with Crippen LogP contribution in [0.4, 0.5) is 0 Å². The summed E-state index contributed by atoms with van der Waals surface area (Å²) >= 11 is 0. The lowest BCUT2D eigenvalue weighted by molar-refractivity contribution is -0.0573. The van der Waals surface area contributed by atoms with E-state index < -0.39 is 0 Å². The molecule has 3 fully saturated rings. The Labute approximate surface area is 294 Å². The van der Waals surface area contributed by atoms with Crippen LogP contribution in [-0.2, 0) is 0 Å². The highest BCUT2D eigenvalue weighted by molar-refractivity contribution is 5.25. The smallest absolute Gasteiger partial charge is 0.0577 e. The Morgan fingerprint density at radius 1 is 0.681 bits per heavy atom. The SMILES string of the molecule is CCCCCCC(O)CCCCCCCCCCCCC(C)CCC[C@@H](C)[C@H]1CC[C@H]2[C@@H]3CC=C4C[C@@H](O)CC[C@]4(C)[C@H]3CC[C@]12C.